The lowest BCUT2D eigenvalue weighted by Crippen LogP contribution is -2.15. The molecule has 0 amide bonds. The summed E-state index contributed by atoms with van der Waals surface area (Å²) in [5.74, 6) is 0. The SMILES string of the molecule is CCNc1nn2c(=O)c3ccc(Cl)cc3nc2s1. The van der Waals surface area contributed by atoms with E-state index in [2.05, 4.69) is 15.4 Å². The Kier molecular flexibility index (Phi) is 2.68. The van der Waals surface area contributed by atoms with Crippen LogP contribution in [0.1, 0.15) is 6.92 Å². The lowest BCUT2D eigenvalue weighted by Gasteiger charge is -1.97. The maximum atomic E-state index is 12.2. The first-order chi connectivity index (χ1) is 8.69. The van der Waals surface area contributed by atoms with Crippen LogP contribution in [-0.2, 0) is 0 Å². The van der Waals surface area contributed by atoms with E-state index < -0.39 is 0 Å². The molecular formula is C11H9ClN4OS. The second-order valence-corrected chi connectivity index (χ2v) is 5.10. The van der Waals surface area contributed by atoms with Crippen molar-refractivity contribution in [2.75, 3.05) is 11.9 Å². The highest BCUT2D eigenvalue weighted by Gasteiger charge is 2.10. The second kappa shape index (κ2) is 4.22. The Morgan fingerprint density at radius 1 is 1.50 bits per heavy atom. The number of nitrogens with zero attached hydrogens (tertiary/aromatic N) is 3. The standard InChI is InChI=1S/C11H9ClN4OS/c1-2-13-10-15-16-9(17)7-4-3-6(12)5-8(7)14-11(16)18-10/h3-5H,2H2,1H3,(H,13,15). The Hall–Kier alpha value is -1.66. The summed E-state index contributed by atoms with van der Waals surface area (Å²) in [6, 6.07) is 5.04. The van der Waals surface area contributed by atoms with Crippen LogP contribution in [0.2, 0.25) is 5.02 Å². The van der Waals surface area contributed by atoms with Crippen LogP contribution in [0.3, 0.4) is 0 Å². The predicted octanol–water partition coefficient (Wildman–Crippen LogP) is 2.39. The summed E-state index contributed by atoms with van der Waals surface area (Å²) < 4.78 is 1.32. The average Bonchev–Trinajstić information content (AvgIpc) is 2.72. The smallest absolute Gasteiger partial charge is 0.283 e. The summed E-state index contributed by atoms with van der Waals surface area (Å²) in [7, 11) is 0. The largest absolute Gasteiger partial charge is 0.360 e. The first kappa shape index (κ1) is 11.4. The number of nitrogens with one attached hydrogen (secondary N) is 1. The molecule has 0 saturated carbocycles. The van der Waals surface area contributed by atoms with E-state index in [1.54, 1.807) is 18.2 Å². The minimum Gasteiger partial charge on any atom is -0.360 e. The fourth-order valence-electron chi connectivity index (χ4n) is 1.70. The zero-order valence-corrected chi connectivity index (χ0v) is 11.0. The van der Waals surface area contributed by atoms with Crippen molar-refractivity contribution >= 4 is 43.9 Å². The third-order valence-electron chi connectivity index (χ3n) is 2.49. The molecule has 0 aliphatic rings. The Morgan fingerprint density at radius 2 is 2.33 bits per heavy atom. The molecule has 0 saturated heterocycles. The van der Waals surface area contributed by atoms with Crippen molar-refractivity contribution < 1.29 is 0 Å². The highest BCUT2D eigenvalue weighted by Crippen LogP contribution is 2.20. The molecular weight excluding hydrogens is 272 g/mol. The Morgan fingerprint density at radius 3 is 3.11 bits per heavy atom. The van der Waals surface area contributed by atoms with Crippen molar-refractivity contribution in [3.05, 3.63) is 33.6 Å². The molecule has 0 fully saturated rings. The van der Waals surface area contributed by atoms with Gasteiger partial charge in [0, 0.05) is 11.6 Å². The third-order valence-corrected chi connectivity index (χ3v) is 3.59. The fraction of sp³-hybridized carbons (Fsp3) is 0.182. The summed E-state index contributed by atoms with van der Waals surface area (Å²) in [5, 5.41) is 9.03. The van der Waals surface area contributed by atoms with Gasteiger partial charge in [-0.1, -0.05) is 22.9 Å². The Labute approximate surface area is 111 Å². The first-order valence-electron chi connectivity index (χ1n) is 5.42. The molecule has 3 aromatic rings. The highest BCUT2D eigenvalue weighted by molar-refractivity contribution is 7.20. The number of fused-ring (bicyclic) bond motifs is 2. The summed E-state index contributed by atoms with van der Waals surface area (Å²) in [6.07, 6.45) is 0. The zero-order chi connectivity index (χ0) is 12.7. The van der Waals surface area contributed by atoms with Gasteiger partial charge in [-0.3, -0.25) is 4.79 Å². The van der Waals surface area contributed by atoms with E-state index in [0.29, 0.717) is 26.0 Å². The highest BCUT2D eigenvalue weighted by atomic mass is 35.5. The van der Waals surface area contributed by atoms with E-state index in [9.17, 15) is 4.79 Å². The fourth-order valence-corrected chi connectivity index (χ4v) is 2.74. The minimum atomic E-state index is -0.174. The number of rotatable bonds is 2. The summed E-state index contributed by atoms with van der Waals surface area (Å²) in [5.41, 5.74) is 0.422. The molecule has 2 aromatic heterocycles. The number of hydrogen-bond donors (Lipinski definition) is 1. The molecule has 0 bridgehead atoms. The first-order valence-corrected chi connectivity index (χ1v) is 6.61. The van der Waals surface area contributed by atoms with Gasteiger partial charge < -0.3 is 5.32 Å². The van der Waals surface area contributed by atoms with Gasteiger partial charge in [-0.05, 0) is 25.1 Å². The molecule has 7 heteroatoms. The van der Waals surface area contributed by atoms with Crippen LogP contribution < -0.4 is 10.9 Å². The van der Waals surface area contributed by atoms with Crippen molar-refractivity contribution in [1.29, 1.82) is 0 Å². The Balaban J connectivity index is 2.37. The number of halogens is 1. The molecule has 0 aliphatic carbocycles. The van der Waals surface area contributed by atoms with Crippen LogP contribution in [0.5, 0.6) is 0 Å². The Bertz CT molecular complexity index is 795. The molecule has 0 unspecified atom stereocenters. The lowest BCUT2D eigenvalue weighted by molar-refractivity contribution is 0.913. The van der Waals surface area contributed by atoms with E-state index in [4.69, 9.17) is 11.6 Å². The molecule has 1 aromatic carbocycles. The van der Waals surface area contributed by atoms with E-state index in [1.807, 2.05) is 6.92 Å². The topological polar surface area (TPSA) is 59.3 Å². The van der Waals surface area contributed by atoms with Crippen LogP contribution in [0.4, 0.5) is 5.13 Å². The molecule has 3 rings (SSSR count). The summed E-state index contributed by atoms with van der Waals surface area (Å²) in [6.45, 7) is 2.72. The molecule has 2 heterocycles. The maximum absolute atomic E-state index is 12.2. The predicted molar refractivity (Wildman–Crippen MR) is 73.8 cm³/mol. The molecule has 1 N–H and O–H groups in total. The molecule has 0 aliphatic heterocycles. The number of anilines is 1. The van der Waals surface area contributed by atoms with Gasteiger partial charge in [-0.15, -0.1) is 5.10 Å². The molecule has 0 atom stereocenters. The lowest BCUT2D eigenvalue weighted by atomic mass is 10.2. The van der Waals surface area contributed by atoms with Crippen LogP contribution in [0, 0.1) is 0 Å². The van der Waals surface area contributed by atoms with E-state index >= 15 is 0 Å². The van der Waals surface area contributed by atoms with Gasteiger partial charge in [0.05, 0.1) is 10.9 Å². The van der Waals surface area contributed by atoms with Gasteiger partial charge in [0.15, 0.2) is 0 Å². The van der Waals surface area contributed by atoms with E-state index in [-0.39, 0.29) is 5.56 Å². The number of aromatic nitrogens is 3. The quantitative estimate of drug-likeness (QED) is 0.783. The van der Waals surface area contributed by atoms with Gasteiger partial charge in [0.2, 0.25) is 10.1 Å². The van der Waals surface area contributed by atoms with Gasteiger partial charge in [-0.2, -0.15) is 4.52 Å². The average molecular weight is 281 g/mol. The molecule has 18 heavy (non-hydrogen) atoms. The van der Waals surface area contributed by atoms with E-state index in [0.717, 1.165) is 6.54 Å². The number of benzene rings is 1. The van der Waals surface area contributed by atoms with Crippen molar-refractivity contribution in [3.8, 4) is 0 Å². The van der Waals surface area contributed by atoms with E-state index in [1.165, 1.54) is 15.9 Å². The zero-order valence-electron chi connectivity index (χ0n) is 9.48. The minimum absolute atomic E-state index is 0.174. The van der Waals surface area contributed by atoms with Crippen molar-refractivity contribution in [3.63, 3.8) is 0 Å². The van der Waals surface area contributed by atoms with Gasteiger partial charge in [0.25, 0.3) is 5.56 Å². The molecule has 92 valence electrons. The van der Waals surface area contributed by atoms with Gasteiger partial charge >= 0.3 is 0 Å². The van der Waals surface area contributed by atoms with Crippen molar-refractivity contribution in [1.82, 2.24) is 14.6 Å². The molecule has 0 radical (unpaired) electrons. The second-order valence-electron chi connectivity index (χ2n) is 3.71. The van der Waals surface area contributed by atoms with Gasteiger partial charge in [-0.25, -0.2) is 4.98 Å². The normalized spacial score (nSPS) is 11.2. The maximum Gasteiger partial charge on any atom is 0.283 e. The van der Waals surface area contributed by atoms with Crippen LogP contribution >= 0.6 is 22.9 Å². The van der Waals surface area contributed by atoms with Crippen LogP contribution in [0.25, 0.3) is 15.9 Å². The molecule has 0 spiro atoms. The van der Waals surface area contributed by atoms with Crippen LogP contribution in [0.15, 0.2) is 23.0 Å². The monoisotopic (exact) mass is 280 g/mol. The summed E-state index contributed by atoms with van der Waals surface area (Å²) in [4.78, 5) is 17.2. The van der Waals surface area contributed by atoms with Gasteiger partial charge in [0.1, 0.15) is 0 Å². The molecule has 5 nitrogen and oxygen atoms in total. The van der Waals surface area contributed by atoms with Crippen molar-refractivity contribution in [2.45, 2.75) is 6.92 Å². The third kappa shape index (κ3) is 1.74. The van der Waals surface area contributed by atoms with Crippen molar-refractivity contribution in [2.24, 2.45) is 0 Å². The van der Waals surface area contributed by atoms with Crippen LogP contribution in [-0.4, -0.2) is 21.1 Å². The number of hydrogen-bond acceptors (Lipinski definition) is 5. The summed E-state index contributed by atoms with van der Waals surface area (Å²) >= 11 is 7.25.